The predicted octanol–water partition coefficient (Wildman–Crippen LogP) is -2.59. The van der Waals surface area contributed by atoms with Gasteiger partial charge in [-0.05, 0) is 0 Å². The third-order valence-electron chi connectivity index (χ3n) is 1.53. The van der Waals surface area contributed by atoms with E-state index < -0.39 is 30.2 Å². The van der Waals surface area contributed by atoms with Crippen LogP contribution in [-0.4, -0.2) is 48.7 Å². The molecule has 0 rings (SSSR count). The van der Waals surface area contributed by atoms with Crippen molar-refractivity contribution in [1.29, 1.82) is 0 Å². The molecule has 0 aromatic rings. The molecule has 0 bridgehead atoms. The molecule has 0 aromatic heterocycles. The summed E-state index contributed by atoms with van der Waals surface area (Å²) in [6.45, 7) is 0.150. The molecular weight excluding hydrogens is 218 g/mol. The van der Waals surface area contributed by atoms with Gasteiger partial charge in [-0.15, -0.1) is 0 Å². The highest BCUT2D eigenvalue weighted by Crippen LogP contribution is 1.91. The first-order chi connectivity index (χ1) is 7.47. The van der Waals surface area contributed by atoms with Crippen LogP contribution in [0.15, 0.2) is 0 Å². The minimum atomic E-state index is -1.33. The average molecular weight is 233 g/mol. The van der Waals surface area contributed by atoms with Gasteiger partial charge >= 0.3 is 5.97 Å². The minimum Gasteiger partial charge on any atom is -0.480 e. The van der Waals surface area contributed by atoms with Crippen molar-refractivity contribution in [3.63, 3.8) is 0 Å². The largest absolute Gasteiger partial charge is 0.480 e. The number of ether oxygens (including phenoxy) is 1. The van der Waals surface area contributed by atoms with Gasteiger partial charge in [0.1, 0.15) is 12.6 Å². The van der Waals surface area contributed by atoms with Crippen LogP contribution in [0.2, 0.25) is 0 Å². The summed E-state index contributed by atoms with van der Waals surface area (Å²) in [6, 6.07) is -1.33. The van der Waals surface area contributed by atoms with Gasteiger partial charge in [0.2, 0.25) is 11.8 Å². The van der Waals surface area contributed by atoms with Gasteiger partial charge in [-0.3, -0.25) is 9.59 Å². The summed E-state index contributed by atoms with van der Waals surface area (Å²) >= 11 is 0. The highest BCUT2D eigenvalue weighted by Gasteiger charge is 2.21. The standard InChI is InChI=1S/C8H15N3O5/c9-1-2-16-4-7(13)11-5(8(14)15)3-6(10)12/h5H,1-4,9H2,(H2,10,12)(H,11,13)(H,14,15). The molecule has 0 fully saturated rings. The molecule has 0 heterocycles. The van der Waals surface area contributed by atoms with E-state index in [9.17, 15) is 14.4 Å². The van der Waals surface area contributed by atoms with Gasteiger partial charge in [-0.25, -0.2) is 4.79 Å². The molecule has 0 saturated heterocycles. The fourth-order valence-electron chi connectivity index (χ4n) is 0.885. The molecule has 0 aliphatic heterocycles. The van der Waals surface area contributed by atoms with E-state index in [1.807, 2.05) is 0 Å². The first kappa shape index (κ1) is 14.3. The first-order valence-electron chi connectivity index (χ1n) is 4.55. The summed E-state index contributed by atoms with van der Waals surface area (Å²) in [5, 5.41) is 10.8. The zero-order chi connectivity index (χ0) is 12.6. The number of hydrogen-bond acceptors (Lipinski definition) is 5. The van der Waals surface area contributed by atoms with Gasteiger partial charge in [0.05, 0.1) is 13.0 Å². The van der Waals surface area contributed by atoms with Gasteiger partial charge in [-0.1, -0.05) is 0 Å². The summed E-state index contributed by atoms with van der Waals surface area (Å²) in [5.74, 6) is -2.77. The lowest BCUT2D eigenvalue weighted by molar-refractivity contribution is -0.144. The lowest BCUT2D eigenvalue weighted by atomic mass is 10.2. The molecule has 0 radical (unpaired) electrons. The van der Waals surface area contributed by atoms with Crippen LogP contribution in [0.25, 0.3) is 0 Å². The number of carboxylic acids is 1. The van der Waals surface area contributed by atoms with E-state index in [0.717, 1.165) is 0 Å². The molecule has 8 heteroatoms. The molecule has 16 heavy (non-hydrogen) atoms. The molecular formula is C8H15N3O5. The van der Waals surface area contributed by atoms with Gasteiger partial charge in [0, 0.05) is 6.54 Å². The van der Waals surface area contributed by atoms with E-state index in [-0.39, 0.29) is 19.8 Å². The Morgan fingerprint density at radius 1 is 1.38 bits per heavy atom. The number of carboxylic acid groups (broad SMARTS) is 1. The molecule has 0 saturated carbocycles. The van der Waals surface area contributed by atoms with E-state index >= 15 is 0 Å². The van der Waals surface area contributed by atoms with Crippen LogP contribution in [0.4, 0.5) is 0 Å². The Labute approximate surface area is 91.9 Å². The number of carbonyl (C=O) groups is 3. The van der Waals surface area contributed by atoms with Gasteiger partial charge in [0.15, 0.2) is 0 Å². The van der Waals surface area contributed by atoms with Crippen LogP contribution < -0.4 is 16.8 Å². The molecule has 1 unspecified atom stereocenters. The molecule has 1 atom stereocenters. The molecule has 0 aliphatic carbocycles. The van der Waals surface area contributed by atoms with E-state index in [2.05, 4.69) is 5.32 Å². The molecule has 8 nitrogen and oxygen atoms in total. The van der Waals surface area contributed by atoms with E-state index in [1.54, 1.807) is 0 Å². The molecule has 6 N–H and O–H groups in total. The average Bonchev–Trinajstić information content (AvgIpc) is 2.16. The number of carbonyl (C=O) groups excluding carboxylic acids is 2. The Morgan fingerprint density at radius 2 is 2.00 bits per heavy atom. The Hall–Kier alpha value is -1.67. The zero-order valence-corrected chi connectivity index (χ0v) is 8.64. The molecule has 92 valence electrons. The number of amides is 2. The van der Waals surface area contributed by atoms with Crippen LogP contribution >= 0.6 is 0 Å². The maximum Gasteiger partial charge on any atom is 0.326 e. The highest BCUT2D eigenvalue weighted by molar-refractivity contribution is 5.88. The summed E-state index contributed by atoms with van der Waals surface area (Å²) in [5.41, 5.74) is 9.95. The van der Waals surface area contributed by atoms with Crippen LogP contribution in [0.3, 0.4) is 0 Å². The number of rotatable bonds is 8. The summed E-state index contributed by atoms with van der Waals surface area (Å²) in [4.78, 5) is 32.3. The van der Waals surface area contributed by atoms with Crippen molar-refractivity contribution in [2.45, 2.75) is 12.5 Å². The topological polar surface area (TPSA) is 145 Å². The normalized spacial score (nSPS) is 11.8. The van der Waals surface area contributed by atoms with Crippen molar-refractivity contribution in [1.82, 2.24) is 5.32 Å². The highest BCUT2D eigenvalue weighted by atomic mass is 16.5. The summed E-state index contributed by atoms with van der Waals surface area (Å²) in [7, 11) is 0. The van der Waals surface area contributed by atoms with Gasteiger partial charge in [0.25, 0.3) is 0 Å². The Morgan fingerprint density at radius 3 is 2.44 bits per heavy atom. The number of nitrogens with two attached hydrogens (primary N) is 2. The van der Waals surface area contributed by atoms with Crippen molar-refractivity contribution in [2.24, 2.45) is 11.5 Å². The SMILES string of the molecule is NCCOCC(=O)NC(CC(N)=O)C(=O)O. The second-order valence-corrected chi connectivity index (χ2v) is 2.97. The smallest absolute Gasteiger partial charge is 0.326 e. The number of primary amides is 1. The van der Waals surface area contributed by atoms with E-state index in [1.165, 1.54) is 0 Å². The second-order valence-electron chi connectivity index (χ2n) is 2.97. The molecule has 0 spiro atoms. The van der Waals surface area contributed by atoms with Crippen LogP contribution in [0.5, 0.6) is 0 Å². The Balaban J connectivity index is 4.03. The number of nitrogens with one attached hydrogen (secondary N) is 1. The Bertz CT molecular complexity index is 268. The minimum absolute atomic E-state index is 0.195. The summed E-state index contributed by atoms with van der Waals surface area (Å²) in [6.07, 6.45) is -0.460. The number of hydrogen-bond donors (Lipinski definition) is 4. The Kier molecular flexibility index (Phi) is 6.81. The van der Waals surface area contributed by atoms with Gasteiger partial charge < -0.3 is 26.6 Å². The predicted molar refractivity (Wildman–Crippen MR) is 53.3 cm³/mol. The van der Waals surface area contributed by atoms with Gasteiger partial charge in [-0.2, -0.15) is 0 Å². The summed E-state index contributed by atoms with van der Waals surface area (Å²) < 4.78 is 4.78. The van der Waals surface area contributed by atoms with Crippen molar-refractivity contribution in [2.75, 3.05) is 19.8 Å². The van der Waals surface area contributed by atoms with Crippen LogP contribution in [0, 0.1) is 0 Å². The van der Waals surface area contributed by atoms with Crippen molar-refractivity contribution in [3.05, 3.63) is 0 Å². The van der Waals surface area contributed by atoms with Crippen molar-refractivity contribution >= 4 is 17.8 Å². The maximum absolute atomic E-state index is 11.1. The second kappa shape index (κ2) is 7.60. The third kappa shape index (κ3) is 6.74. The quantitative estimate of drug-likeness (QED) is 0.338. The molecule has 0 aliphatic rings. The maximum atomic E-state index is 11.1. The van der Waals surface area contributed by atoms with Crippen LogP contribution in [-0.2, 0) is 19.1 Å². The monoisotopic (exact) mass is 233 g/mol. The van der Waals surface area contributed by atoms with E-state index in [4.69, 9.17) is 21.3 Å². The fourth-order valence-corrected chi connectivity index (χ4v) is 0.885. The zero-order valence-electron chi connectivity index (χ0n) is 8.64. The first-order valence-corrected chi connectivity index (χ1v) is 4.55. The van der Waals surface area contributed by atoms with Crippen LogP contribution in [0.1, 0.15) is 6.42 Å². The third-order valence-corrected chi connectivity index (χ3v) is 1.53. The van der Waals surface area contributed by atoms with E-state index in [0.29, 0.717) is 0 Å². The fraction of sp³-hybridized carbons (Fsp3) is 0.625. The molecule has 0 aromatic carbocycles. The molecule has 2 amide bonds. The van der Waals surface area contributed by atoms with Crippen molar-refractivity contribution in [3.8, 4) is 0 Å². The number of aliphatic carboxylic acids is 1. The lowest BCUT2D eigenvalue weighted by Crippen LogP contribution is -2.44. The van der Waals surface area contributed by atoms with Crippen molar-refractivity contribution < 1.29 is 24.2 Å². The lowest BCUT2D eigenvalue weighted by Gasteiger charge is -2.12.